The molecule has 0 amide bonds. The molecule has 0 N–H and O–H groups in total. The number of nitriles is 1. The summed E-state index contributed by atoms with van der Waals surface area (Å²) in [4.78, 5) is 0. The van der Waals surface area contributed by atoms with E-state index in [2.05, 4.69) is 19.1 Å². The van der Waals surface area contributed by atoms with Crippen molar-refractivity contribution >= 4 is 0 Å². The van der Waals surface area contributed by atoms with Crippen molar-refractivity contribution < 1.29 is 9.47 Å². The van der Waals surface area contributed by atoms with E-state index in [1.54, 1.807) is 16.7 Å². The van der Waals surface area contributed by atoms with Crippen molar-refractivity contribution in [1.29, 1.82) is 5.26 Å². The Kier molecular flexibility index (Phi) is 3.28. The first-order chi connectivity index (χ1) is 11.7. The molecule has 1 saturated heterocycles. The number of allylic oxidation sites excluding steroid dienone is 3. The second-order valence-corrected chi connectivity index (χ2v) is 8.75. The topological polar surface area (TPSA) is 42.2 Å². The highest BCUT2D eigenvalue weighted by Crippen LogP contribution is 2.61. The van der Waals surface area contributed by atoms with Crippen molar-refractivity contribution in [3.05, 3.63) is 22.8 Å². The van der Waals surface area contributed by atoms with Gasteiger partial charge in [0, 0.05) is 12.8 Å². The molecule has 24 heavy (non-hydrogen) atoms. The second kappa shape index (κ2) is 5.19. The van der Waals surface area contributed by atoms with Gasteiger partial charge in [-0.3, -0.25) is 0 Å². The first kappa shape index (κ1) is 15.2. The van der Waals surface area contributed by atoms with Gasteiger partial charge in [0.25, 0.3) is 0 Å². The summed E-state index contributed by atoms with van der Waals surface area (Å²) >= 11 is 0. The Morgan fingerprint density at radius 2 is 2.00 bits per heavy atom. The highest BCUT2D eigenvalue weighted by Gasteiger charge is 2.53. The van der Waals surface area contributed by atoms with Gasteiger partial charge in [0.2, 0.25) is 0 Å². The van der Waals surface area contributed by atoms with Crippen LogP contribution in [-0.2, 0) is 9.47 Å². The number of hydrogen-bond donors (Lipinski definition) is 0. The Labute approximate surface area is 144 Å². The summed E-state index contributed by atoms with van der Waals surface area (Å²) < 4.78 is 11.9. The summed E-state index contributed by atoms with van der Waals surface area (Å²) in [5.41, 5.74) is 5.10. The molecule has 1 aliphatic heterocycles. The number of rotatable bonds is 0. The van der Waals surface area contributed by atoms with E-state index < -0.39 is 0 Å². The van der Waals surface area contributed by atoms with Gasteiger partial charge in [-0.15, -0.1) is 0 Å². The van der Waals surface area contributed by atoms with Crippen molar-refractivity contribution in [2.75, 3.05) is 13.2 Å². The molecule has 0 aromatic heterocycles. The molecule has 3 unspecified atom stereocenters. The molecule has 1 spiro atoms. The third-order valence-electron chi connectivity index (χ3n) is 7.80. The average molecular weight is 325 g/mol. The first-order valence-corrected chi connectivity index (χ1v) is 9.74. The lowest BCUT2D eigenvalue weighted by Gasteiger charge is -2.48. The SMILES string of the molecule is CC12CC=C3C4=C(CCC3C1CC[C@@H]2C#N)CC1(CC4)OCCO1. The van der Waals surface area contributed by atoms with E-state index in [1.807, 2.05) is 0 Å². The summed E-state index contributed by atoms with van der Waals surface area (Å²) in [5, 5.41) is 9.56. The molecule has 1 saturated carbocycles. The molecule has 3 heteroatoms. The fourth-order valence-electron chi connectivity index (χ4n) is 6.51. The third kappa shape index (κ3) is 1.96. The maximum absolute atomic E-state index is 9.56. The van der Waals surface area contributed by atoms with Gasteiger partial charge in [0.1, 0.15) is 0 Å². The van der Waals surface area contributed by atoms with Crippen LogP contribution in [0.1, 0.15) is 58.3 Å². The predicted octanol–water partition coefficient (Wildman–Crippen LogP) is 4.51. The minimum absolute atomic E-state index is 0.217. The maximum Gasteiger partial charge on any atom is 0.172 e. The van der Waals surface area contributed by atoms with E-state index >= 15 is 0 Å². The summed E-state index contributed by atoms with van der Waals surface area (Å²) in [7, 11) is 0. The van der Waals surface area contributed by atoms with Gasteiger partial charge in [-0.2, -0.15) is 5.26 Å². The number of hydrogen-bond acceptors (Lipinski definition) is 3. The lowest BCUT2D eigenvalue weighted by Crippen LogP contribution is -2.40. The van der Waals surface area contributed by atoms with Crippen molar-refractivity contribution in [3.63, 3.8) is 0 Å². The highest BCUT2D eigenvalue weighted by molar-refractivity contribution is 5.44. The predicted molar refractivity (Wildman–Crippen MR) is 90.9 cm³/mol. The second-order valence-electron chi connectivity index (χ2n) is 8.75. The minimum Gasteiger partial charge on any atom is -0.347 e. The molecule has 2 fully saturated rings. The Balaban J connectivity index is 1.48. The maximum atomic E-state index is 9.56. The van der Waals surface area contributed by atoms with Crippen LogP contribution in [0.4, 0.5) is 0 Å². The molecule has 5 aliphatic rings. The van der Waals surface area contributed by atoms with E-state index in [-0.39, 0.29) is 17.1 Å². The van der Waals surface area contributed by atoms with Crippen molar-refractivity contribution in [3.8, 4) is 6.07 Å². The Hall–Kier alpha value is -1.11. The summed E-state index contributed by atoms with van der Waals surface area (Å²) in [5.74, 6) is 1.37. The van der Waals surface area contributed by atoms with Gasteiger partial charge in [-0.05, 0) is 66.9 Å². The van der Waals surface area contributed by atoms with Crippen LogP contribution in [0.3, 0.4) is 0 Å². The zero-order chi connectivity index (χ0) is 16.4. The largest absolute Gasteiger partial charge is 0.347 e. The lowest BCUT2D eigenvalue weighted by molar-refractivity contribution is -0.164. The molecule has 0 aromatic carbocycles. The van der Waals surface area contributed by atoms with Crippen molar-refractivity contribution in [1.82, 2.24) is 0 Å². The van der Waals surface area contributed by atoms with E-state index in [9.17, 15) is 5.26 Å². The molecule has 0 bridgehead atoms. The summed E-state index contributed by atoms with van der Waals surface area (Å²) in [6, 6.07) is 2.61. The summed E-state index contributed by atoms with van der Waals surface area (Å²) in [6.45, 7) is 3.89. The first-order valence-electron chi connectivity index (χ1n) is 9.74. The molecule has 4 atom stereocenters. The number of nitrogens with zero attached hydrogens (tertiary/aromatic N) is 1. The molecular weight excluding hydrogens is 298 g/mol. The molecule has 4 aliphatic carbocycles. The molecule has 1 heterocycles. The Bertz CT molecular complexity index is 664. The van der Waals surface area contributed by atoms with Gasteiger partial charge in [0.15, 0.2) is 5.79 Å². The van der Waals surface area contributed by atoms with Gasteiger partial charge in [0.05, 0.1) is 25.2 Å². The standard InChI is InChI=1S/C21H27NO2/c1-20-8-6-17-16-7-9-21(23-10-11-24-21)12-14(16)2-4-18(17)19(20)5-3-15(20)13-22/h6,15,18-19H,2-5,7-12H2,1H3/t15-,18?,19?,20?/m1/s1. The zero-order valence-corrected chi connectivity index (χ0v) is 14.6. The molecule has 5 rings (SSSR count). The quantitative estimate of drug-likeness (QED) is 0.658. The van der Waals surface area contributed by atoms with Crippen LogP contribution < -0.4 is 0 Å². The van der Waals surface area contributed by atoms with Crippen molar-refractivity contribution in [2.24, 2.45) is 23.2 Å². The number of ether oxygens (including phenoxy) is 2. The minimum atomic E-state index is -0.297. The molecule has 3 nitrogen and oxygen atoms in total. The van der Waals surface area contributed by atoms with Gasteiger partial charge >= 0.3 is 0 Å². The fraction of sp³-hybridized carbons (Fsp3) is 0.762. The Morgan fingerprint density at radius 1 is 1.17 bits per heavy atom. The van der Waals surface area contributed by atoms with Crippen LogP contribution in [0, 0.1) is 34.5 Å². The summed E-state index contributed by atoms with van der Waals surface area (Å²) in [6.07, 6.45) is 11.5. The lowest BCUT2D eigenvalue weighted by atomic mass is 9.57. The highest BCUT2D eigenvalue weighted by atomic mass is 16.7. The van der Waals surface area contributed by atoms with E-state index in [1.165, 1.54) is 19.3 Å². The normalized spacial score (nSPS) is 43.0. The molecule has 128 valence electrons. The van der Waals surface area contributed by atoms with Crippen LogP contribution in [0.2, 0.25) is 0 Å². The zero-order valence-electron chi connectivity index (χ0n) is 14.6. The molecular formula is C21H27NO2. The van der Waals surface area contributed by atoms with Crippen LogP contribution in [0.15, 0.2) is 22.8 Å². The van der Waals surface area contributed by atoms with Crippen LogP contribution >= 0.6 is 0 Å². The third-order valence-corrected chi connectivity index (χ3v) is 7.80. The van der Waals surface area contributed by atoms with Crippen LogP contribution in [0.5, 0.6) is 0 Å². The van der Waals surface area contributed by atoms with Crippen LogP contribution in [-0.4, -0.2) is 19.0 Å². The number of fused-ring (bicyclic) bond motifs is 4. The average Bonchev–Trinajstić information content (AvgIpc) is 3.18. The van der Waals surface area contributed by atoms with E-state index in [0.717, 1.165) is 45.3 Å². The monoisotopic (exact) mass is 325 g/mol. The fourth-order valence-corrected chi connectivity index (χ4v) is 6.51. The van der Waals surface area contributed by atoms with Gasteiger partial charge in [-0.25, -0.2) is 0 Å². The van der Waals surface area contributed by atoms with E-state index in [0.29, 0.717) is 11.8 Å². The van der Waals surface area contributed by atoms with Gasteiger partial charge in [-0.1, -0.05) is 18.6 Å². The molecule has 0 aromatic rings. The Morgan fingerprint density at radius 3 is 2.79 bits per heavy atom. The van der Waals surface area contributed by atoms with E-state index in [4.69, 9.17) is 9.47 Å². The van der Waals surface area contributed by atoms with Gasteiger partial charge < -0.3 is 9.47 Å². The molecule has 0 radical (unpaired) electrons. The van der Waals surface area contributed by atoms with Crippen LogP contribution in [0.25, 0.3) is 0 Å². The smallest absolute Gasteiger partial charge is 0.172 e. The van der Waals surface area contributed by atoms with Crippen molar-refractivity contribution in [2.45, 2.75) is 64.1 Å².